The van der Waals surface area contributed by atoms with Gasteiger partial charge in [-0.2, -0.15) is 4.39 Å². The highest BCUT2D eigenvalue weighted by Gasteiger charge is 2.36. The number of fused-ring (bicyclic) bond motifs is 1. The zero-order valence-corrected chi connectivity index (χ0v) is 22.8. The molecule has 0 aromatic heterocycles. The second-order valence-corrected chi connectivity index (χ2v) is 10.8. The third-order valence-corrected chi connectivity index (χ3v) is 8.58. The number of halogens is 1. The molecule has 0 amide bonds. The molecule has 0 saturated heterocycles. The van der Waals surface area contributed by atoms with Crippen LogP contribution in [0.25, 0.3) is 0 Å². The van der Waals surface area contributed by atoms with E-state index < -0.39 is 11.8 Å². The second-order valence-electron chi connectivity index (χ2n) is 8.96. The lowest BCUT2D eigenvalue weighted by molar-refractivity contribution is -0.137. The molecule has 0 unspecified atom stereocenters. The first-order chi connectivity index (χ1) is 17.0. The molecule has 0 aliphatic carbocycles. The SMILES string of the molecule is CCCCC1(CCCC)CSc2cc(O/C=C(\F)C(=O)OC)c(SC)cc2N(c2ccccc2)C1. The van der Waals surface area contributed by atoms with Crippen LogP contribution >= 0.6 is 23.5 Å². The van der Waals surface area contributed by atoms with E-state index in [2.05, 4.69) is 53.8 Å². The third-order valence-electron chi connectivity index (χ3n) is 6.42. The van der Waals surface area contributed by atoms with Gasteiger partial charge >= 0.3 is 5.97 Å². The van der Waals surface area contributed by atoms with Crippen molar-refractivity contribution in [2.45, 2.75) is 62.2 Å². The molecule has 0 saturated carbocycles. The number of ether oxygens (including phenoxy) is 2. The van der Waals surface area contributed by atoms with Crippen LogP contribution in [0.5, 0.6) is 5.75 Å². The number of esters is 1. The van der Waals surface area contributed by atoms with E-state index in [4.69, 9.17) is 4.74 Å². The number of unbranched alkanes of at least 4 members (excludes halogenated alkanes) is 2. The van der Waals surface area contributed by atoms with Crippen LogP contribution in [-0.2, 0) is 9.53 Å². The van der Waals surface area contributed by atoms with Gasteiger partial charge in [0.15, 0.2) is 0 Å². The summed E-state index contributed by atoms with van der Waals surface area (Å²) in [6, 6.07) is 14.7. The Balaban J connectivity index is 2.07. The monoisotopic (exact) mass is 517 g/mol. The van der Waals surface area contributed by atoms with Crippen LogP contribution < -0.4 is 9.64 Å². The van der Waals surface area contributed by atoms with Gasteiger partial charge in [-0.05, 0) is 48.8 Å². The Kier molecular flexibility index (Phi) is 10.4. The molecule has 2 aromatic rings. The highest BCUT2D eigenvalue weighted by molar-refractivity contribution is 7.99. The predicted octanol–water partition coefficient (Wildman–Crippen LogP) is 8.38. The lowest BCUT2D eigenvalue weighted by Crippen LogP contribution is -2.36. The van der Waals surface area contributed by atoms with Crippen molar-refractivity contribution in [2.24, 2.45) is 5.41 Å². The zero-order valence-electron chi connectivity index (χ0n) is 21.1. The molecule has 2 aromatic carbocycles. The summed E-state index contributed by atoms with van der Waals surface area (Å²) < 4.78 is 24.1. The molecule has 0 fully saturated rings. The summed E-state index contributed by atoms with van der Waals surface area (Å²) in [7, 11) is 1.14. The molecule has 7 heteroatoms. The smallest absolute Gasteiger partial charge is 0.370 e. The topological polar surface area (TPSA) is 38.8 Å². The summed E-state index contributed by atoms with van der Waals surface area (Å²) in [5.41, 5.74) is 2.51. The van der Waals surface area contributed by atoms with Crippen molar-refractivity contribution < 1.29 is 18.7 Å². The van der Waals surface area contributed by atoms with Crippen molar-refractivity contribution in [3.63, 3.8) is 0 Å². The van der Waals surface area contributed by atoms with E-state index in [9.17, 15) is 9.18 Å². The minimum atomic E-state index is -1.06. The summed E-state index contributed by atoms with van der Waals surface area (Å²) in [5.74, 6) is -0.559. The van der Waals surface area contributed by atoms with Gasteiger partial charge in [-0.1, -0.05) is 57.7 Å². The van der Waals surface area contributed by atoms with Gasteiger partial charge in [-0.3, -0.25) is 0 Å². The summed E-state index contributed by atoms with van der Waals surface area (Å²) in [6.07, 6.45) is 9.98. The molecule has 1 aliphatic heterocycles. The number of hydrogen-bond donors (Lipinski definition) is 0. The summed E-state index contributed by atoms with van der Waals surface area (Å²) in [4.78, 5) is 15.9. The van der Waals surface area contributed by atoms with Gasteiger partial charge in [-0.15, -0.1) is 23.5 Å². The van der Waals surface area contributed by atoms with Crippen molar-refractivity contribution in [3.8, 4) is 5.75 Å². The number of para-hydroxylation sites is 1. The van der Waals surface area contributed by atoms with Gasteiger partial charge in [0.25, 0.3) is 0 Å². The van der Waals surface area contributed by atoms with E-state index in [0.717, 1.165) is 41.1 Å². The van der Waals surface area contributed by atoms with Crippen molar-refractivity contribution >= 4 is 40.9 Å². The van der Waals surface area contributed by atoms with Crippen molar-refractivity contribution in [2.75, 3.05) is 30.6 Å². The number of anilines is 2. The molecule has 0 N–H and O–H groups in total. The molecule has 190 valence electrons. The fourth-order valence-electron chi connectivity index (χ4n) is 4.44. The van der Waals surface area contributed by atoms with Gasteiger partial charge in [0.1, 0.15) is 12.0 Å². The van der Waals surface area contributed by atoms with Gasteiger partial charge in [-0.25, -0.2) is 4.79 Å². The highest BCUT2D eigenvalue weighted by Crippen LogP contribution is 2.50. The standard InChI is InChI=1S/C28H36FNO3S2/c1-5-7-14-28(15-8-6-2)19-30(21-12-10-9-11-13-21)23-16-26(34-4)24(17-25(23)35-20-28)33-18-22(29)27(31)32-3/h9-13,16-18H,5-8,14-15,19-20H2,1-4H3/b22-18-. The Bertz CT molecular complexity index is 1000. The zero-order chi connectivity index (χ0) is 25.3. The summed E-state index contributed by atoms with van der Waals surface area (Å²) in [6.45, 7) is 5.48. The lowest BCUT2D eigenvalue weighted by Gasteiger charge is -2.37. The molecule has 0 bridgehead atoms. The lowest BCUT2D eigenvalue weighted by atomic mass is 9.79. The first-order valence-electron chi connectivity index (χ1n) is 12.2. The van der Waals surface area contributed by atoms with Gasteiger partial charge in [0.05, 0.1) is 17.7 Å². The number of nitrogens with zero attached hydrogens (tertiary/aromatic N) is 1. The Morgan fingerprint density at radius 3 is 2.46 bits per heavy atom. The molecule has 0 atom stereocenters. The number of carbonyl (C=O) groups excluding carboxylic acids is 1. The maximum atomic E-state index is 14.0. The van der Waals surface area contributed by atoms with Gasteiger partial charge < -0.3 is 14.4 Å². The Hall–Kier alpha value is -2.12. The summed E-state index contributed by atoms with van der Waals surface area (Å²) in [5, 5.41) is 0. The Morgan fingerprint density at radius 1 is 1.17 bits per heavy atom. The minimum absolute atomic E-state index is 0.197. The van der Waals surface area contributed by atoms with E-state index in [0.29, 0.717) is 5.75 Å². The number of benzene rings is 2. The van der Waals surface area contributed by atoms with Crippen molar-refractivity contribution in [1.29, 1.82) is 0 Å². The number of methoxy groups -OCH3 is 1. The van der Waals surface area contributed by atoms with E-state index in [1.807, 2.05) is 30.2 Å². The Morgan fingerprint density at radius 2 is 1.86 bits per heavy atom. The van der Waals surface area contributed by atoms with E-state index >= 15 is 0 Å². The predicted molar refractivity (Wildman–Crippen MR) is 146 cm³/mol. The average Bonchev–Trinajstić information content (AvgIpc) is 3.06. The molecule has 4 nitrogen and oxygen atoms in total. The van der Waals surface area contributed by atoms with Crippen LogP contribution in [0, 0.1) is 5.41 Å². The first-order valence-corrected chi connectivity index (χ1v) is 14.5. The molecule has 0 radical (unpaired) electrons. The summed E-state index contributed by atoms with van der Waals surface area (Å²) >= 11 is 3.39. The van der Waals surface area contributed by atoms with Crippen LogP contribution in [0.4, 0.5) is 15.8 Å². The van der Waals surface area contributed by atoms with E-state index in [1.54, 1.807) is 0 Å². The quantitative estimate of drug-likeness (QED) is 0.129. The van der Waals surface area contributed by atoms with Crippen LogP contribution in [0.3, 0.4) is 0 Å². The van der Waals surface area contributed by atoms with Crippen molar-refractivity contribution in [1.82, 2.24) is 0 Å². The average molecular weight is 518 g/mol. The maximum absolute atomic E-state index is 14.0. The molecule has 35 heavy (non-hydrogen) atoms. The van der Waals surface area contributed by atoms with E-state index in [1.165, 1.54) is 56.0 Å². The number of rotatable bonds is 11. The third kappa shape index (κ3) is 6.98. The first kappa shape index (κ1) is 27.5. The fourth-order valence-corrected chi connectivity index (χ4v) is 6.32. The van der Waals surface area contributed by atoms with Crippen LogP contribution in [-0.4, -0.2) is 31.6 Å². The molecule has 1 heterocycles. The second kappa shape index (κ2) is 13.3. The Labute approximate surface area is 217 Å². The fraction of sp³-hybridized carbons (Fsp3) is 0.464. The van der Waals surface area contributed by atoms with Gasteiger partial charge in [0.2, 0.25) is 5.83 Å². The highest BCUT2D eigenvalue weighted by atomic mass is 32.2. The van der Waals surface area contributed by atoms with Crippen molar-refractivity contribution in [3.05, 3.63) is 54.6 Å². The van der Waals surface area contributed by atoms with Crippen LogP contribution in [0.2, 0.25) is 0 Å². The molecule has 3 rings (SSSR count). The molecule has 0 spiro atoms. The number of carbonyl (C=O) groups is 1. The van der Waals surface area contributed by atoms with Crippen LogP contribution in [0.15, 0.2) is 64.3 Å². The van der Waals surface area contributed by atoms with E-state index in [-0.39, 0.29) is 5.41 Å². The van der Waals surface area contributed by atoms with Crippen LogP contribution in [0.1, 0.15) is 52.4 Å². The maximum Gasteiger partial charge on any atom is 0.370 e. The largest absolute Gasteiger partial charge is 0.464 e. The molecular formula is C28H36FNO3S2. The number of hydrogen-bond acceptors (Lipinski definition) is 6. The molecule has 1 aliphatic rings. The minimum Gasteiger partial charge on any atom is -0.464 e. The normalized spacial score (nSPS) is 15.3. The molecular weight excluding hydrogens is 481 g/mol. The number of thioether (sulfide) groups is 2. The van der Waals surface area contributed by atoms with Gasteiger partial charge in [0, 0.05) is 22.9 Å².